The van der Waals surface area contributed by atoms with Crippen molar-refractivity contribution in [3.8, 4) is 11.6 Å². The molecule has 1 heterocycles. The average Bonchev–Trinajstić information content (AvgIpc) is 3.25. The number of rotatable bonds is 8. The van der Waals surface area contributed by atoms with E-state index in [1.807, 2.05) is 24.4 Å². The largest absolute Gasteiger partial charge is 0.497 e. The SMILES string of the molecule is CN=C(NCCc1ccc(OC)cc1)NCc1ccc(OC2CCCC2)nc1.I. The number of benzene rings is 1. The molecule has 1 aromatic carbocycles. The van der Waals surface area contributed by atoms with Gasteiger partial charge in [0.15, 0.2) is 5.96 Å². The first-order chi connectivity index (χ1) is 13.8. The van der Waals surface area contributed by atoms with Crippen LogP contribution >= 0.6 is 24.0 Å². The molecule has 1 aromatic heterocycles. The minimum absolute atomic E-state index is 0. The number of halogens is 1. The molecule has 0 saturated heterocycles. The highest BCUT2D eigenvalue weighted by atomic mass is 127. The first kappa shape index (κ1) is 23.3. The van der Waals surface area contributed by atoms with Crippen molar-refractivity contribution in [1.82, 2.24) is 15.6 Å². The van der Waals surface area contributed by atoms with Crippen molar-refractivity contribution >= 4 is 29.9 Å². The number of guanidine groups is 1. The van der Waals surface area contributed by atoms with E-state index in [0.717, 1.165) is 49.0 Å². The van der Waals surface area contributed by atoms with Gasteiger partial charge in [-0.05, 0) is 55.4 Å². The maximum Gasteiger partial charge on any atom is 0.213 e. The summed E-state index contributed by atoms with van der Waals surface area (Å²) >= 11 is 0. The zero-order chi connectivity index (χ0) is 19.6. The molecular weight excluding hydrogens is 479 g/mol. The minimum atomic E-state index is 0. The smallest absolute Gasteiger partial charge is 0.213 e. The van der Waals surface area contributed by atoms with Crippen molar-refractivity contribution in [2.75, 3.05) is 20.7 Å². The second-order valence-corrected chi connectivity index (χ2v) is 6.98. The number of aliphatic imine (C=N–C) groups is 1. The van der Waals surface area contributed by atoms with Crippen LogP contribution in [0.25, 0.3) is 0 Å². The molecule has 0 aliphatic heterocycles. The zero-order valence-corrected chi connectivity index (χ0v) is 19.5. The first-order valence-electron chi connectivity index (χ1n) is 9.96. The van der Waals surface area contributed by atoms with E-state index in [9.17, 15) is 0 Å². The Morgan fingerprint density at radius 1 is 1.07 bits per heavy atom. The molecule has 29 heavy (non-hydrogen) atoms. The fourth-order valence-corrected chi connectivity index (χ4v) is 3.29. The Labute approximate surface area is 190 Å². The number of methoxy groups -OCH3 is 1. The van der Waals surface area contributed by atoms with Crippen LogP contribution in [-0.4, -0.2) is 37.7 Å². The van der Waals surface area contributed by atoms with Crippen LogP contribution in [0.5, 0.6) is 11.6 Å². The fraction of sp³-hybridized carbons (Fsp3) is 0.455. The Bertz CT molecular complexity index is 744. The van der Waals surface area contributed by atoms with Gasteiger partial charge in [-0.2, -0.15) is 0 Å². The molecule has 2 N–H and O–H groups in total. The fourth-order valence-electron chi connectivity index (χ4n) is 3.29. The monoisotopic (exact) mass is 510 g/mol. The molecule has 0 bridgehead atoms. The number of aromatic nitrogens is 1. The highest BCUT2D eigenvalue weighted by molar-refractivity contribution is 14.0. The molecular formula is C22H31IN4O2. The van der Waals surface area contributed by atoms with Crippen LogP contribution in [0.2, 0.25) is 0 Å². The third-order valence-electron chi connectivity index (χ3n) is 4.94. The lowest BCUT2D eigenvalue weighted by Gasteiger charge is -2.13. The van der Waals surface area contributed by atoms with Crippen molar-refractivity contribution in [2.45, 2.75) is 44.8 Å². The predicted molar refractivity (Wildman–Crippen MR) is 127 cm³/mol. The van der Waals surface area contributed by atoms with Gasteiger partial charge in [-0.3, -0.25) is 4.99 Å². The van der Waals surface area contributed by atoms with Gasteiger partial charge in [0.05, 0.1) is 7.11 Å². The summed E-state index contributed by atoms with van der Waals surface area (Å²) in [5, 5.41) is 6.66. The van der Waals surface area contributed by atoms with E-state index in [4.69, 9.17) is 9.47 Å². The number of hydrogen-bond acceptors (Lipinski definition) is 4. The van der Waals surface area contributed by atoms with Gasteiger partial charge in [-0.1, -0.05) is 18.2 Å². The molecule has 1 aliphatic rings. The quantitative estimate of drug-likeness (QED) is 0.320. The maximum absolute atomic E-state index is 5.91. The Kier molecular flexibility index (Phi) is 10.0. The minimum Gasteiger partial charge on any atom is -0.497 e. The van der Waals surface area contributed by atoms with Gasteiger partial charge in [0, 0.05) is 32.4 Å². The summed E-state index contributed by atoms with van der Waals surface area (Å²) in [4.78, 5) is 8.71. The number of hydrogen-bond donors (Lipinski definition) is 2. The van der Waals surface area contributed by atoms with Crippen LogP contribution in [0.4, 0.5) is 0 Å². The van der Waals surface area contributed by atoms with Crippen LogP contribution in [-0.2, 0) is 13.0 Å². The van der Waals surface area contributed by atoms with Crippen LogP contribution in [0.15, 0.2) is 47.6 Å². The Balaban J connectivity index is 0.00000300. The van der Waals surface area contributed by atoms with Gasteiger partial charge in [0.2, 0.25) is 5.88 Å². The van der Waals surface area contributed by atoms with Crippen molar-refractivity contribution in [1.29, 1.82) is 0 Å². The standard InChI is InChI=1S/C22H30N4O2.HI/c1-23-22(24-14-13-17-7-10-19(27-2)11-8-17)26-16-18-9-12-21(25-15-18)28-20-5-3-4-6-20;/h7-12,15,20H,3-6,13-14,16H2,1-2H3,(H2,23,24,26);1H. The molecule has 2 aromatic rings. The van der Waals surface area contributed by atoms with Gasteiger partial charge in [-0.25, -0.2) is 4.98 Å². The number of nitrogens with one attached hydrogen (secondary N) is 2. The lowest BCUT2D eigenvalue weighted by molar-refractivity contribution is 0.201. The molecule has 1 aliphatic carbocycles. The Morgan fingerprint density at radius 2 is 1.79 bits per heavy atom. The van der Waals surface area contributed by atoms with Crippen LogP contribution in [0.1, 0.15) is 36.8 Å². The molecule has 1 saturated carbocycles. The highest BCUT2D eigenvalue weighted by Crippen LogP contribution is 2.22. The normalized spacial score (nSPS) is 14.2. The molecule has 3 rings (SSSR count). The predicted octanol–water partition coefficient (Wildman–Crippen LogP) is 3.94. The van der Waals surface area contributed by atoms with E-state index in [1.54, 1.807) is 14.2 Å². The van der Waals surface area contributed by atoms with Gasteiger partial charge in [0.25, 0.3) is 0 Å². The summed E-state index contributed by atoms with van der Waals surface area (Å²) < 4.78 is 11.1. The van der Waals surface area contributed by atoms with Crippen LogP contribution in [0, 0.1) is 0 Å². The van der Waals surface area contributed by atoms with Crippen molar-refractivity contribution in [2.24, 2.45) is 4.99 Å². The number of ether oxygens (including phenoxy) is 2. The lowest BCUT2D eigenvalue weighted by atomic mass is 10.1. The second kappa shape index (κ2) is 12.5. The molecule has 0 radical (unpaired) electrons. The summed E-state index contributed by atoms with van der Waals surface area (Å²) in [6.45, 7) is 1.47. The summed E-state index contributed by atoms with van der Waals surface area (Å²) in [6, 6.07) is 12.1. The van der Waals surface area contributed by atoms with Crippen molar-refractivity contribution in [3.05, 3.63) is 53.7 Å². The topological polar surface area (TPSA) is 67.8 Å². The summed E-state index contributed by atoms with van der Waals surface area (Å²) in [5.74, 6) is 2.37. The lowest BCUT2D eigenvalue weighted by Crippen LogP contribution is -2.37. The number of pyridine rings is 1. The van der Waals surface area contributed by atoms with Crippen molar-refractivity contribution in [3.63, 3.8) is 0 Å². The van der Waals surface area contributed by atoms with Gasteiger partial charge in [-0.15, -0.1) is 24.0 Å². The summed E-state index contributed by atoms with van der Waals surface area (Å²) in [7, 11) is 3.46. The Hall–Kier alpha value is -2.03. The molecule has 0 atom stereocenters. The molecule has 6 nitrogen and oxygen atoms in total. The van der Waals surface area contributed by atoms with E-state index in [0.29, 0.717) is 12.6 Å². The van der Waals surface area contributed by atoms with E-state index in [-0.39, 0.29) is 24.0 Å². The third-order valence-corrected chi connectivity index (χ3v) is 4.94. The second-order valence-electron chi connectivity index (χ2n) is 6.98. The maximum atomic E-state index is 5.91. The molecule has 7 heteroatoms. The molecule has 0 amide bonds. The molecule has 1 fully saturated rings. The third kappa shape index (κ3) is 7.72. The molecule has 158 valence electrons. The molecule has 0 spiro atoms. The highest BCUT2D eigenvalue weighted by Gasteiger charge is 2.16. The first-order valence-corrected chi connectivity index (χ1v) is 9.96. The average molecular weight is 510 g/mol. The van der Waals surface area contributed by atoms with Crippen LogP contribution < -0.4 is 20.1 Å². The van der Waals surface area contributed by atoms with Crippen molar-refractivity contribution < 1.29 is 9.47 Å². The van der Waals surface area contributed by atoms with Gasteiger partial charge >= 0.3 is 0 Å². The summed E-state index contributed by atoms with van der Waals surface area (Å²) in [5.41, 5.74) is 2.35. The van der Waals surface area contributed by atoms with E-state index in [2.05, 4.69) is 38.8 Å². The van der Waals surface area contributed by atoms with Crippen LogP contribution in [0.3, 0.4) is 0 Å². The Morgan fingerprint density at radius 3 is 2.41 bits per heavy atom. The zero-order valence-electron chi connectivity index (χ0n) is 17.2. The summed E-state index contributed by atoms with van der Waals surface area (Å²) in [6.07, 6.45) is 7.92. The van der Waals surface area contributed by atoms with E-state index < -0.39 is 0 Å². The number of nitrogens with zero attached hydrogens (tertiary/aromatic N) is 2. The van der Waals surface area contributed by atoms with E-state index >= 15 is 0 Å². The van der Waals surface area contributed by atoms with Gasteiger partial charge < -0.3 is 20.1 Å². The van der Waals surface area contributed by atoms with Gasteiger partial charge in [0.1, 0.15) is 11.9 Å². The van der Waals surface area contributed by atoms with E-state index in [1.165, 1.54) is 18.4 Å². The molecule has 0 unspecified atom stereocenters.